The molecule has 4 heteroatoms. The molecular weight excluding hydrogens is 234 g/mol. The molecule has 13 heavy (non-hydrogen) atoms. The van der Waals surface area contributed by atoms with Gasteiger partial charge < -0.3 is 5.11 Å². The molecule has 1 aromatic carbocycles. The van der Waals surface area contributed by atoms with Gasteiger partial charge in [-0.15, -0.1) is 0 Å². The smallest absolute Gasteiger partial charge is 0.307 e. The normalized spacial score (nSPS) is 9.23. The van der Waals surface area contributed by atoms with Gasteiger partial charge in [0.05, 0.1) is 18.1 Å². The second kappa shape index (κ2) is 4.06. The molecule has 3 nitrogen and oxygen atoms in total. The SMILES string of the molecule is N#Cc1cccc(Br)c1CC(=O)O. The Balaban J connectivity index is 3.17. The largest absolute Gasteiger partial charge is 0.481 e. The molecule has 66 valence electrons. The molecule has 0 spiro atoms. The summed E-state index contributed by atoms with van der Waals surface area (Å²) >= 11 is 3.20. The first-order valence-electron chi connectivity index (χ1n) is 3.54. The van der Waals surface area contributed by atoms with Crippen molar-refractivity contribution in [2.75, 3.05) is 0 Å². The van der Waals surface area contributed by atoms with E-state index < -0.39 is 5.97 Å². The first-order valence-corrected chi connectivity index (χ1v) is 4.33. The third-order valence-corrected chi connectivity index (χ3v) is 2.31. The van der Waals surface area contributed by atoms with Gasteiger partial charge in [-0.1, -0.05) is 22.0 Å². The second-order valence-electron chi connectivity index (χ2n) is 2.45. The Morgan fingerprint density at radius 3 is 2.85 bits per heavy atom. The van der Waals surface area contributed by atoms with E-state index in [1.807, 2.05) is 6.07 Å². The van der Waals surface area contributed by atoms with Crippen molar-refractivity contribution in [1.82, 2.24) is 0 Å². The fourth-order valence-corrected chi connectivity index (χ4v) is 1.50. The van der Waals surface area contributed by atoms with Gasteiger partial charge in [-0.3, -0.25) is 4.79 Å². The standard InChI is InChI=1S/C9H6BrNO2/c10-8-3-1-2-6(5-11)7(8)4-9(12)13/h1-3H,4H2,(H,12,13). The second-order valence-corrected chi connectivity index (χ2v) is 3.30. The van der Waals surface area contributed by atoms with Gasteiger partial charge >= 0.3 is 5.97 Å². The summed E-state index contributed by atoms with van der Waals surface area (Å²) in [6, 6.07) is 6.97. The molecule has 0 aromatic heterocycles. The molecule has 0 bridgehead atoms. The molecule has 0 saturated carbocycles. The van der Waals surface area contributed by atoms with Gasteiger partial charge in [0.1, 0.15) is 0 Å². The molecule has 0 atom stereocenters. The molecule has 0 fully saturated rings. The van der Waals surface area contributed by atoms with E-state index in [9.17, 15) is 4.79 Å². The fraction of sp³-hybridized carbons (Fsp3) is 0.111. The molecule has 0 aliphatic heterocycles. The highest BCUT2D eigenvalue weighted by Crippen LogP contribution is 2.20. The van der Waals surface area contributed by atoms with Crippen LogP contribution in [0.25, 0.3) is 0 Å². The van der Waals surface area contributed by atoms with Crippen LogP contribution in [0.4, 0.5) is 0 Å². The monoisotopic (exact) mass is 239 g/mol. The van der Waals surface area contributed by atoms with E-state index in [4.69, 9.17) is 10.4 Å². The summed E-state index contributed by atoms with van der Waals surface area (Å²) in [5.41, 5.74) is 0.925. The number of rotatable bonds is 2. The lowest BCUT2D eigenvalue weighted by Crippen LogP contribution is -2.03. The van der Waals surface area contributed by atoms with Crippen LogP contribution in [-0.2, 0) is 11.2 Å². The lowest BCUT2D eigenvalue weighted by atomic mass is 10.1. The molecular formula is C9H6BrNO2. The Bertz CT molecular complexity index is 382. The Hall–Kier alpha value is -1.34. The minimum Gasteiger partial charge on any atom is -0.481 e. The molecule has 0 unspecified atom stereocenters. The Labute approximate surface area is 83.7 Å². The molecule has 0 radical (unpaired) electrons. The predicted octanol–water partition coefficient (Wildman–Crippen LogP) is 1.95. The van der Waals surface area contributed by atoms with Crippen LogP contribution >= 0.6 is 15.9 Å². The minimum atomic E-state index is -0.941. The van der Waals surface area contributed by atoms with Gasteiger partial charge in [0, 0.05) is 4.47 Å². The number of halogens is 1. The van der Waals surface area contributed by atoms with Crippen LogP contribution in [0.5, 0.6) is 0 Å². The quantitative estimate of drug-likeness (QED) is 0.859. The zero-order chi connectivity index (χ0) is 9.84. The van der Waals surface area contributed by atoms with Gasteiger partial charge in [0.15, 0.2) is 0 Å². The van der Waals surface area contributed by atoms with E-state index >= 15 is 0 Å². The number of hydrogen-bond acceptors (Lipinski definition) is 2. The average Bonchev–Trinajstić information content (AvgIpc) is 2.08. The number of benzene rings is 1. The van der Waals surface area contributed by atoms with Crippen molar-refractivity contribution >= 4 is 21.9 Å². The number of nitriles is 1. The molecule has 0 aliphatic carbocycles. The van der Waals surface area contributed by atoms with Gasteiger partial charge in [0.2, 0.25) is 0 Å². The van der Waals surface area contributed by atoms with Gasteiger partial charge in [-0.2, -0.15) is 5.26 Å². The zero-order valence-electron chi connectivity index (χ0n) is 6.62. The lowest BCUT2D eigenvalue weighted by molar-refractivity contribution is -0.136. The third-order valence-electron chi connectivity index (χ3n) is 1.57. The van der Waals surface area contributed by atoms with E-state index in [1.54, 1.807) is 18.2 Å². The van der Waals surface area contributed by atoms with Crippen LogP contribution < -0.4 is 0 Å². The van der Waals surface area contributed by atoms with Crippen LogP contribution in [0, 0.1) is 11.3 Å². The van der Waals surface area contributed by atoms with E-state index in [1.165, 1.54) is 0 Å². The molecule has 1 N–H and O–H groups in total. The topological polar surface area (TPSA) is 61.1 Å². The maximum absolute atomic E-state index is 10.5. The summed E-state index contributed by atoms with van der Waals surface area (Å²) < 4.78 is 0.661. The van der Waals surface area contributed by atoms with Crippen LogP contribution in [-0.4, -0.2) is 11.1 Å². The summed E-state index contributed by atoms with van der Waals surface area (Å²) in [6.07, 6.45) is -0.135. The fourth-order valence-electron chi connectivity index (χ4n) is 0.994. The summed E-state index contributed by atoms with van der Waals surface area (Å²) in [5.74, 6) is -0.941. The van der Waals surface area contributed by atoms with E-state index in [-0.39, 0.29) is 6.42 Å². The highest BCUT2D eigenvalue weighted by Gasteiger charge is 2.09. The summed E-state index contributed by atoms with van der Waals surface area (Å²) in [7, 11) is 0. The van der Waals surface area contributed by atoms with Crippen molar-refractivity contribution in [1.29, 1.82) is 5.26 Å². The Morgan fingerprint density at radius 2 is 2.31 bits per heavy atom. The van der Waals surface area contributed by atoms with Crippen molar-refractivity contribution in [3.05, 3.63) is 33.8 Å². The first kappa shape index (κ1) is 9.75. The van der Waals surface area contributed by atoms with Crippen LogP contribution in [0.2, 0.25) is 0 Å². The number of aliphatic carboxylic acids is 1. The number of nitrogens with zero attached hydrogens (tertiary/aromatic N) is 1. The molecule has 1 rings (SSSR count). The van der Waals surface area contributed by atoms with Crippen molar-refractivity contribution in [2.24, 2.45) is 0 Å². The summed E-state index contributed by atoms with van der Waals surface area (Å²) in [5, 5.41) is 17.3. The van der Waals surface area contributed by atoms with Crippen molar-refractivity contribution in [3.63, 3.8) is 0 Å². The minimum absolute atomic E-state index is 0.135. The number of carboxylic acid groups (broad SMARTS) is 1. The van der Waals surface area contributed by atoms with Gasteiger partial charge in [-0.05, 0) is 17.7 Å². The molecule has 0 aliphatic rings. The maximum atomic E-state index is 10.5. The molecule has 0 saturated heterocycles. The highest BCUT2D eigenvalue weighted by atomic mass is 79.9. The third kappa shape index (κ3) is 2.30. The predicted molar refractivity (Wildman–Crippen MR) is 50.2 cm³/mol. The number of carbonyl (C=O) groups is 1. The van der Waals surface area contributed by atoms with Crippen molar-refractivity contribution in [3.8, 4) is 6.07 Å². The zero-order valence-corrected chi connectivity index (χ0v) is 8.21. The average molecular weight is 240 g/mol. The van der Waals surface area contributed by atoms with E-state index in [2.05, 4.69) is 15.9 Å². The van der Waals surface area contributed by atoms with Crippen molar-refractivity contribution in [2.45, 2.75) is 6.42 Å². The molecule has 1 aromatic rings. The Kier molecular flexibility index (Phi) is 3.04. The number of carboxylic acids is 1. The molecule has 0 amide bonds. The summed E-state index contributed by atoms with van der Waals surface area (Å²) in [6.45, 7) is 0. The van der Waals surface area contributed by atoms with E-state index in [0.717, 1.165) is 0 Å². The van der Waals surface area contributed by atoms with Gasteiger partial charge in [0.25, 0.3) is 0 Å². The Morgan fingerprint density at radius 1 is 1.62 bits per heavy atom. The highest BCUT2D eigenvalue weighted by molar-refractivity contribution is 9.10. The lowest BCUT2D eigenvalue weighted by Gasteiger charge is -2.02. The van der Waals surface area contributed by atoms with Crippen molar-refractivity contribution < 1.29 is 9.90 Å². The van der Waals surface area contributed by atoms with Crippen LogP contribution in [0.1, 0.15) is 11.1 Å². The number of hydrogen-bond donors (Lipinski definition) is 1. The van der Waals surface area contributed by atoms with Crippen LogP contribution in [0.3, 0.4) is 0 Å². The van der Waals surface area contributed by atoms with Gasteiger partial charge in [-0.25, -0.2) is 0 Å². The first-order chi connectivity index (χ1) is 6.15. The van der Waals surface area contributed by atoms with Crippen LogP contribution in [0.15, 0.2) is 22.7 Å². The van der Waals surface area contributed by atoms with E-state index in [0.29, 0.717) is 15.6 Å². The maximum Gasteiger partial charge on any atom is 0.307 e. The molecule has 0 heterocycles. The summed E-state index contributed by atoms with van der Waals surface area (Å²) in [4.78, 5) is 10.5.